The van der Waals surface area contributed by atoms with Crippen molar-refractivity contribution >= 4 is 33.4 Å². The second kappa shape index (κ2) is 8.08. The van der Waals surface area contributed by atoms with Gasteiger partial charge in [0.2, 0.25) is 0 Å². The van der Waals surface area contributed by atoms with Gasteiger partial charge >= 0.3 is 5.97 Å². The molecule has 0 saturated heterocycles. The maximum Gasteiger partial charge on any atom is 0.306 e. The molecule has 1 aromatic carbocycles. The molecule has 1 heterocycles. The van der Waals surface area contributed by atoms with E-state index in [2.05, 4.69) is 4.98 Å². The average Bonchev–Trinajstić information content (AvgIpc) is 3.01. The molecule has 2 aromatic rings. The Hall–Kier alpha value is -2.46. The Labute approximate surface area is 151 Å². The van der Waals surface area contributed by atoms with Gasteiger partial charge in [-0.15, -0.1) is 11.3 Å². The molecule has 0 aliphatic heterocycles. The zero-order chi connectivity index (χ0) is 18.4. The van der Waals surface area contributed by atoms with Crippen LogP contribution in [0.2, 0.25) is 0 Å². The lowest BCUT2D eigenvalue weighted by atomic mass is 10.1. The number of ether oxygens (including phenoxy) is 1. The van der Waals surface area contributed by atoms with Gasteiger partial charge in [-0.05, 0) is 38.8 Å². The standard InChI is InChI=1S/C18H21N3O3S/c1-18(2,12-19)21(3)16(22)11-24-17(23)10-6-9-15-20-13-7-4-5-8-14(13)25-15/h4-5,7-8H,6,9-11H2,1-3H3. The minimum Gasteiger partial charge on any atom is -0.456 e. The molecule has 6 nitrogen and oxygen atoms in total. The van der Waals surface area contributed by atoms with Crippen molar-refractivity contribution in [3.8, 4) is 6.07 Å². The molecule has 132 valence electrons. The van der Waals surface area contributed by atoms with Gasteiger partial charge in [0.05, 0.1) is 21.3 Å². The SMILES string of the molecule is CN(C(=O)COC(=O)CCCc1nc2ccccc2s1)C(C)(C)C#N. The third-order valence-electron chi connectivity index (χ3n) is 3.95. The number of nitriles is 1. The number of para-hydroxylation sites is 1. The summed E-state index contributed by atoms with van der Waals surface area (Å²) in [5.74, 6) is -0.816. The molecule has 0 aliphatic carbocycles. The molecule has 0 fully saturated rings. The molecule has 0 bridgehead atoms. The zero-order valence-electron chi connectivity index (χ0n) is 14.6. The van der Waals surface area contributed by atoms with Crippen LogP contribution in [0.1, 0.15) is 31.7 Å². The lowest BCUT2D eigenvalue weighted by Crippen LogP contribution is -2.45. The Morgan fingerprint density at radius 1 is 1.36 bits per heavy atom. The van der Waals surface area contributed by atoms with E-state index in [9.17, 15) is 9.59 Å². The molecule has 1 amide bonds. The van der Waals surface area contributed by atoms with Crippen LogP contribution in [-0.4, -0.2) is 41.0 Å². The number of benzene rings is 1. The van der Waals surface area contributed by atoms with E-state index in [4.69, 9.17) is 10.00 Å². The van der Waals surface area contributed by atoms with Crippen LogP contribution in [0.25, 0.3) is 10.2 Å². The van der Waals surface area contributed by atoms with E-state index in [0.717, 1.165) is 15.2 Å². The highest BCUT2D eigenvalue weighted by molar-refractivity contribution is 7.18. The van der Waals surface area contributed by atoms with Gasteiger partial charge in [0.25, 0.3) is 5.91 Å². The van der Waals surface area contributed by atoms with Gasteiger partial charge in [-0.1, -0.05) is 12.1 Å². The number of aryl methyl sites for hydroxylation is 1. The summed E-state index contributed by atoms with van der Waals surface area (Å²) in [5.41, 5.74) is 0.0369. The van der Waals surface area contributed by atoms with E-state index in [1.807, 2.05) is 30.3 Å². The molecule has 0 N–H and O–H groups in total. The van der Waals surface area contributed by atoms with Crippen LogP contribution in [0.3, 0.4) is 0 Å². The van der Waals surface area contributed by atoms with Crippen molar-refractivity contribution in [2.45, 2.75) is 38.6 Å². The highest BCUT2D eigenvalue weighted by Crippen LogP contribution is 2.22. The molecular formula is C18H21N3O3S. The topological polar surface area (TPSA) is 83.3 Å². The molecule has 1 aromatic heterocycles. The number of fused-ring (bicyclic) bond motifs is 1. The van der Waals surface area contributed by atoms with Crippen LogP contribution in [-0.2, 0) is 20.7 Å². The summed E-state index contributed by atoms with van der Waals surface area (Å²) in [7, 11) is 1.52. The van der Waals surface area contributed by atoms with Crippen molar-refractivity contribution in [1.82, 2.24) is 9.88 Å². The lowest BCUT2D eigenvalue weighted by Gasteiger charge is -2.28. The number of carbonyl (C=O) groups is 2. The third-order valence-corrected chi connectivity index (χ3v) is 5.05. The summed E-state index contributed by atoms with van der Waals surface area (Å²) < 4.78 is 6.14. The molecule has 0 aliphatic rings. The number of hydrogen-bond donors (Lipinski definition) is 0. The molecule has 7 heteroatoms. The summed E-state index contributed by atoms with van der Waals surface area (Å²) in [5, 5.41) is 10.00. The number of aromatic nitrogens is 1. The molecule has 2 rings (SSSR count). The summed E-state index contributed by atoms with van der Waals surface area (Å²) in [6.45, 7) is 2.91. The molecule has 0 unspecified atom stereocenters. The monoisotopic (exact) mass is 359 g/mol. The minimum atomic E-state index is -0.934. The molecule has 0 radical (unpaired) electrons. The minimum absolute atomic E-state index is 0.231. The number of likely N-dealkylation sites (N-methyl/N-ethyl adjacent to an activating group) is 1. The molecule has 25 heavy (non-hydrogen) atoms. The fourth-order valence-electron chi connectivity index (χ4n) is 2.11. The van der Waals surface area contributed by atoms with Crippen molar-refractivity contribution < 1.29 is 14.3 Å². The first kappa shape index (κ1) is 18.9. The van der Waals surface area contributed by atoms with Gasteiger partial charge in [0, 0.05) is 13.5 Å². The van der Waals surface area contributed by atoms with Crippen LogP contribution >= 0.6 is 11.3 Å². The Bertz CT molecular complexity index is 774. The predicted molar refractivity (Wildman–Crippen MR) is 96.0 cm³/mol. The normalized spacial score (nSPS) is 11.1. The maximum atomic E-state index is 11.9. The van der Waals surface area contributed by atoms with Gasteiger partial charge in [0.1, 0.15) is 5.54 Å². The summed E-state index contributed by atoms with van der Waals surface area (Å²) >= 11 is 1.62. The first-order valence-electron chi connectivity index (χ1n) is 8.01. The van der Waals surface area contributed by atoms with E-state index in [-0.39, 0.29) is 13.0 Å². The fraction of sp³-hybridized carbons (Fsp3) is 0.444. The van der Waals surface area contributed by atoms with Gasteiger partial charge in [-0.2, -0.15) is 5.26 Å². The van der Waals surface area contributed by atoms with Crippen molar-refractivity contribution in [3.05, 3.63) is 29.3 Å². The van der Waals surface area contributed by atoms with Gasteiger partial charge in [-0.25, -0.2) is 4.98 Å². The van der Waals surface area contributed by atoms with Crippen molar-refractivity contribution in [2.24, 2.45) is 0 Å². The van der Waals surface area contributed by atoms with Crippen LogP contribution in [0, 0.1) is 11.3 Å². The quantitative estimate of drug-likeness (QED) is 0.710. The Balaban J connectivity index is 1.74. The fourth-order valence-corrected chi connectivity index (χ4v) is 3.12. The maximum absolute atomic E-state index is 11.9. The largest absolute Gasteiger partial charge is 0.456 e. The van der Waals surface area contributed by atoms with Crippen molar-refractivity contribution in [3.63, 3.8) is 0 Å². The molecular weight excluding hydrogens is 338 g/mol. The number of amides is 1. The van der Waals surface area contributed by atoms with E-state index in [1.165, 1.54) is 11.9 Å². The third kappa shape index (κ3) is 5.00. The molecule has 0 spiro atoms. The summed E-state index contributed by atoms with van der Waals surface area (Å²) in [4.78, 5) is 29.5. The van der Waals surface area contributed by atoms with E-state index < -0.39 is 17.4 Å². The zero-order valence-corrected chi connectivity index (χ0v) is 15.4. The number of nitrogens with zero attached hydrogens (tertiary/aromatic N) is 3. The first-order valence-corrected chi connectivity index (χ1v) is 8.83. The van der Waals surface area contributed by atoms with Gasteiger partial charge < -0.3 is 9.64 Å². The van der Waals surface area contributed by atoms with Crippen molar-refractivity contribution in [1.29, 1.82) is 5.26 Å². The van der Waals surface area contributed by atoms with E-state index in [0.29, 0.717) is 12.8 Å². The number of hydrogen-bond acceptors (Lipinski definition) is 6. The van der Waals surface area contributed by atoms with Crippen LogP contribution in [0.4, 0.5) is 0 Å². The summed E-state index contributed by atoms with van der Waals surface area (Å²) in [6.07, 6.45) is 1.55. The Morgan fingerprint density at radius 3 is 2.76 bits per heavy atom. The van der Waals surface area contributed by atoms with E-state index >= 15 is 0 Å². The van der Waals surface area contributed by atoms with Crippen LogP contribution < -0.4 is 0 Å². The number of rotatable bonds is 7. The number of esters is 1. The second-order valence-corrected chi connectivity index (χ2v) is 7.33. The summed E-state index contributed by atoms with van der Waals surface area (Å²) in [6, 6.07) is 9.95. The molecule has 0 atom stereocenters. The molecule has 0 saturated carbocycles. The first-order chi connectivity index (χ1) is 11.8. The van der Waals surface area contributed by atoms with Crippen LogP contribution in [0.15, 0.2) is 24.3 Å². The van der Waals surface area contributed by atoms with Gasteiger partial charge in [0.15, 0.2) is 6.61 Å². The Morgan fingerprint density at radius 2 is 2.08 bits per heavy atom. The predicted octanol–water partition coefficient (Wildman–Crippen LogP) is 2.92. The highest BCUT2D eigenvalue weighted by Gasteiger charge is 2.27. The van der Waals surface area contributed by atoms with E-state index in [1.54, 1.807) is 25.2 Å². The second-order valence-electron chi connectivity index (χ2n) is 6.21. The van der Waals surface area contributed by atoms with Crippen molar-refractivity contribution in [2.75, 3.05) is 13.7 Å². The highest BCUT2D eigenvalue weighted by atomic mass is 32.1. The average molecular weight is 359 g/mol. The number of carbonyl (C=O) groups excluding carboxylic acids is 2. The van der Waals surface area contributed by atoms with Gasteiger partial charge in [-0.3, -0.25) is 9.59 Å². The lowest BCUT2D eigenvalue weighted by molar-refractivity contribution is -0.152. The van der Waals surface area contributed by atoms with Crippen LogP contribution in [0.5, 0.6) is 0 Å². The smallest absolute Gasteiger partial charge is 0.306 e. The Kier molecular flexibility index (Phi) is 6.10. The number of thiazole rings is 1.